The highest BCUT2D eigenvalue weighted by atomic mass is 19.1. The Balaban J connectivity index is 1.96. The van der Waals surface area contributed by atoms with Crippen LogP contribution < -0.4 is 5.32 Å². The number of pyridine rings is 1. The molecule has 25 heavy (non-hydrogen) atoms. The third kappa shape index (κ3) is 3.30. The highest BCUT2D eigenvalue weighted by Crippen LogP contribution is 2.23. The number of hydrogen-bond donors (Lipinski definition) is 1. The number of fused-ring (bicyclic) bond motifs is 1. The molecule has 0 unspecified atom stereocenters. The monoisotopic (exact) mass is 339 g/mol. The quantitative estimate of drug-likeness (QED) is 0.574. The average Bonchev–Trinajstić information content (AvgIpc) is 2.56. The Morgan fingerprint density at radius 1 is 1.16 bits per heavy atom. The molecule has 0 atom stereocenters. The SMILES string of the molecule is Cc1ccc2nc(C)c(C(=O)Nc3ccc(F)c([N+](=O)[O-])c3)cc2c1. The molecule has 0 saturated carbocycles. The Labute approximate surface area is 142 Å². The fourth-order valence-electron chi connectivity index (χ4n) is 2.55. The molecule has 6 nitrogen and oxygen atoms in total. The second-order valence-electron chi connectivity index (χ2n) is 5.69. The van der Waals surface area contributed by atoms with Crippen molar-refractivity contribution in [2.75, 3.05) is 5.32 Å². The third-order valence-corrected chi connectivity index (χ3v) is 3.81. The molecule has 1 heterocycles. The molecular formula is C18H14FN3O3. The van der Waals surface area contributed by atoms with E-state index in [0.29, 0.717) is 11.3 Å². The first-order valence-corrected chi connectivity index (χ1v) is 7.48. The molecule has 1 amide bonds. The van der Waals surface area contributed by atoms with Crippen LogP contribution in [0.3, 0.4) is 0 Å². The lowest BCUT2D eigenvalue weighted by Gasteiger charge is -2.09. The van der Waals surface area contributed by atoms with Crippen LogP contribution in [0.4, 0.5) is 15.8 Å². The molecule has 3 aromatic rings. The summed E-state index contributed by atoms with van der Waals surface area (Å²) in [6.45, 7) is 3.65. The van der Waals surface area contributed by atoms with Crippen LogP contribution in [0.1, 0.15) is 21.6 Å². The lowest BCUT2D eigenvalue weighted by atomic mass is 10.1. The average molecular weight is 339 g/mol. The number of rotatable bonds is 3. The van der Waals surface area contributed by atoms with Crippen LogP contribution in [0.5, 0.6) is 0 Å². The molecule has 0 radical (unpaired) electrons. The van der Waals surface area contributed by atoms with Gasteiger partial charge in [-0.1, -0.05) is 11.6 Å². The van der Waals surface area contributed by atoms with Crippen LogP contribution in [0.25, 0.3) is 10.9 Å². The van der Waals surface area contributed by atoms with Crippen LogP contribution in [0.15, 0.2) is 42.5 Å². The summed E-state index contributed by atoms with van der Waals surface area (Å²) in [7, 11) is 0. The maximum atomic E-state index is 13.4. The minimum Gasteiger partial charge on any atom is -0.322 e. The third-order valence-electron chi connectivity index (χ3n) is 3.81. The molecule has 0 aliphatic heterocycles. The summed E-state index contributed by atoms with van der Waals surface area (Å²) in [5.41, 5.74) is 2.15. The molecule has 0 saturated heterocycles. The number of nitro groups is 1. The zero-order valence-corrected chi connectivity index (χ0v) is 13.5. The summed E-state index contributed by atoms with van der Waals surface area (Å²) >= 11 is 0. The van der Waals surface area contributed by atoms with Gasteiger partial charge in [0.1, 0.15) is 0 Å². The van der Waals surface area contributed by atoms with Crippen molar-refractivity contribution in [2.24, 2.45) is 0 Å². The zero-order chi connectivity index (χ0) is 18.1. The molecule has 2 aromatic carbocycles. The van der Waals surface area contributed by atoms with Gasteiger partial charge in [-0.25, -0.2) is 0 Å². The van der Waals surface area contributed by atoms with E-state index in [1.165, 1.54) is 6.07 Å². The van der Waals surface area contributed by atoms with Gasteiger partial charge in [0.2, 0.25) is 5.82 Å². The number of anilines is 1. The van der Waals surface area contributed by atoms with Gasteiger partial charge in [0, 0.05) is 17.1 Å². The number of aromatic nitrogens is 1. The van der Waals surface area contributed by atoms with Crippen LogP contribution in [-0.2, 0) is 0 Å². The number of nitrogens with zero attached hydrogens (tertiary/aromatic N) is 2. The fraction of sp³-hybridized carbons (Fsp3) is 0.111. The predicted molar refractivity (Wildman–Crippen MR) is 92.2 cm³/mol. The number of hydrogen-bond acceptors (Lipinski definition) is 4. The Hall–Kier alpha value is -3.35. The molecular weight excluding hydrogens is 325 g/mol. The summed E-state index contributed by atoms with van der Waals surface area (Å²) in [4.78, 5) is 26.9. The van der Waals surface area contributed by atoms with Crippen molar-refractivity contribution in [1.82, 2.24) is 4.98 Å². The van der Waals surface area contributed by atoms with E-state index in [9.17, 15) is 19.3 Å². The number of carbonyl (C=O) groups excluding carboxylic acids is 1. The normalized spacial score (nSPS) is 10.7. The number of amides is 1. The van der Waals surface area contributed by atoms with E-state index >= 15 is 0 Å². The van der Waals surface area contributed by atoms with Gasteiger partial charge in [-0.2, -0.15) is 4.39 Å². The maximum Gasteiger partial charge on any atom is 0.306 e. The Bertz CT molecular complexity index is 1020. The highest BCUT2D eigenvalue weighted by molar-refractivity contribution is 6.06. The molecule has 1 aromatic heterocycles. The van der Waals surface area contributed by atoms with Crippen molar-refractivity contribution < 1.29 is 14.1 Å². The van der Waals surface area contributed by atoms with E-state index in [1.807, 2.05) is 25.1 Å². The fourth-order valence-corrected chi connectivity index (χ4v) is 2.55. The number of benzene rings is 2. The van der Waals surface area contributed by atoms with Gasteiger partial charge in [0.25, 0.3) is 5.91 Å². The minimum absolute atomic E-state index is 0.141. The van der Waals surface area contributed by atoms with Crippen molar-refractivity contribution in [1.29, 1.82) is 0 Å². The van der Waals surface area contributed by atoms with Crippen molar-refractivity contribution in [2.45, 2.75) is 13.8 Å². The smallest absolute Gasteiger partial charge is 0.306 e. The summed E-state index contributed by atoms with van der Waals surface area (Å²) < 4.78 is 13.4. The Morgan fingerprint density at radius 2 is 1.92 bits per heavy atom. The topological polar surface area (TPSA) is 85.1 Å². The molecule has 0 aliphatic carbocycles. The standard InChI is InChI=1S/C18H14FN3O3/c1-10-3-6-16-12(7-10)8-14(11(2)20-16)18(23)21-13-4-5-15(19)17(9-13)22(24)25/h3-9H,1-2H3,(H,21,23). The molecule has 3 rings (SSSR count). The van der Waals surface area contributed by atoms with E-state index in [2.05, 4.69) is 10.3 Å². The molecule has 0 bridgehead atoms. The summed E-state index contributed by atoms with van der Waals surface area (Å²) in [5.74, 6) is -1.42. The molecule has 0 aliphatic rings. The minimum atomic E-state index is -0.956. The van der Waals surface area contributed by atoms with Gasteiger partial charge >= 0.3 is 5.69 Å². The Kier molecular flexibility index (Phi) is 4.14. The second-order valence-corrected chi connectivity index (χ2v) is 5.69. The van der Waals surface area contributed by atoms with Crippen LogP contribution in [-0.4, -0.2) is 15.8 Å². The van der Waals surface area contributed by atoms with Crippen molar-refractivity contribution in [3.63, 3.8) is 0 Å². The van der Waals surface area contributed by atoms with Crippen LogP contribution >= 0.6 is 0 Å². The van der Waals surface area contributed by atoms with Gasteiger partial charge in [-0.3, -0.25) is 19.9 Å². The maximum absolute atomic E-state index is 13.4. The lowest BCUT2D eigenvalue weighted by molar-refractivity contribution is -0.387. The summed E-state index contributed by atoms with van der Waals surface area (Å²) in [6, 6.07) is 10.7. The number of nitro benzene ring substituents is 1. The van der Waals surface area contributed by atoms with Gasteiger partial charge in [0.15, 0.2) is 0 Å². The summed E-state index contributed by atoms with van der Waals surface area (Å²) in [6.07, 6.45) is 0. The number of halogens is 1. The van der Waals surface area contributed by atoms with E-state index in [1.54, 1.807) is 13.0 Å². The molecule has 7 heteroatoms. The van der Waals surface area contributed by atoms with Crippen molar-refractivity contribution in [3.05, 3.63) is 75.2 Å². The van der Waals surface area contributed by atoms with E-state index in [4.69, 9.17) is 0 Å². The molecule has 126 valence electrons. The second kappa shape index (κ2) is 6.27. The predicted octanol–water partition coefficient (Wildman–Crippen LogP) is 4.15. The van der Waals surface area contributed by atoms with Gasteiger partial charge in [0.05, 0.1) is 21.7 Å². The molecule has 0 fully saturated rings. The number of nitrogens with one attached hydrogen (secondary N) is 1. The summed E-state index contributed by atoms with van der Waals surface area (Å²) in [5, 5.41) is 14.2. The Morgan fingerprint density at radius 3 is 2.64 bits per heavy atom. The first-order valence-electron chi connectivity index (χ1n) is 7.48. The first kappa shape index (κ1) is 16.5. The largest absolute Gasteiger partial charge is 0.322 e. The number of carbonyl (C=O) groups is 1. The van der Waals surface area contributed by atoms with Crippen LogP contribution in [0.2, 0.25) is 0 Å². The van der Waals surface area contributed by atoms with Crippen LogP contribution in [0, 0.1) is 29.8 Å². The molecule has 1 N–H and O–H groups in total. The van der Waals surface area contributed by atoms with Crippen molar-refractivity contribution in [3.8, 4) is 0 Å². The van der Waals surface area contributed by atoms with E-state index < -0.39 is 22.3 Å². The zero-order valence-electron chi connectivity index (χ0n) is 13.5. The highest BCUT2D eigenvalue weighted by Gasteiger charge is 2.17. The number of aryl methyl sites for hydroxylation is 2. The molecule has 0 spiro atoms. The van der Waals surface area contributed by atoms with Gasteiger partial charge in [-0.15, -0.1) is 0 Å². The van der Waals surface area contributed by atoms with Gasteiger partial charge in [-0.05, 0) is 44.2 Å². The first-order chi connectivity index (χ1) is 11.8. The van der Waals surface area contributed by atoms with E-state index in [-0.39, 0.29) is 5.69 Å². The van der Waals surface area contributed by atoms with E-state index in [0.717, 1.165) is 28.6 Å². The van der Waals surface area contributed by atoms with Crippen molar-refractivity contribution >= 4 is 28.2 Å². The van der Waals surface area contributed by atoms with Gasteiger partial charge < -0.3 is 5.32 Å². The lowest BCUT2D eigenvalue weighted by Crippen LogP contribution is -2.14.